The number of aromatic nitrogens is 4. The molecular formula is C11H10N4S. The van der Waals surface area contributed by atoms with Crippen LogP contribution in [0, 0.1) is 0 Å². The van der Waals surface area contributed by atoms with Crippen molar-refractivity contribution in [2.45, 2.75) is 13.5 Å². The number of rotatable bonds is 2. The third-order valence-corrected chi connectivity index (χ3v) is 3.37. The zero-order valence-corrected chi connectivity index (χ0v) is 9.61. The topological polar surface area (TPSA) is 43.6 Å². The summed E-state index contributed by atoms with van der Waals surface area (Å²) >= 11 is 1.67. The molecule has 3 rings (SSSR count). The number of hydrogen-bond donors (Lipinski definition) is 0. The van der Waals surface area contributed by atoms with Crippen molar-refractivity contribution >= 4 is 22.5 Å². The fourth-order valence-corrected chi connectivity index (χ4v) is 2.43. The first-order valence-corrected chi connectivity index (χ1v) is 5.98. The van der Waals surface area contributed by atoms with Crippen molar-refractivity contribution in [3.63, 3.8) is 0 Å². The predicted octanol–water partition coefficient (Wildman–Crippen LogP) is 2.57. The van der Waals surface area contributed by atoms with Crippen molar-refractivity contribution in [2.75, 3.05) is 0 Å². The molecule has 4 nitrogen and oxygen atoms in total. The SMILES string of the molecule is CCn1cnc2c(-c3cccs3)ncnc21. The summed E-state index contributed by atoms with van der Waals surface area (Å²) in [5, 5.41) is 2.04. The van der Waals surface area contributed by atoms with Gasteiger partial charge in [0.15, 0.2) is 5.65 Å². The number of imidazole rings is 1. The first kappa shape index (κ1) is 9.47. The van der Waals surface area contributed by atoms with Gasteiger partial charge in [-0.2, -0.15) is 0 Å². The second-order valence-corrected chi connectivity index (χ2v) is 4.35. The van der Waals surface area contributed by atoms with Crippen molar-refractivity contribution < 1.29 is 0 Å². The van der Waals surface area contributed by atoms with Crippen LogP contribution in [0.2, 0.25) is 0 Å². The molecule has 0 saturated carbocycles. The zero-order chi connectivity index (χ0) is 11.0. The summed E-state index contributed by atoms with van der Waals surface area (Å²) < 4.78 is 2.02. The maximum Gasteiger partial charge on any atom is 0.163 e. The fourth-order valence-electron chi connectivity index (χ4n) is 1.71. The van der Waals surface area contributed by atoms with Gasteiger partial charge in [-0.05, 0) is 18.4 Å². The lowest BCUT2D eigenvalue weighted by Crippen LogP contribution is -1.94. The molecule has 0 spiro atoms. The molecule has 5 heteroatoms. The second-order valence-electron chi connectivity index (χ2n) is 3.40. The predicted molar refractivity (Wildman–Crippen MR) is 64.3 cm³/mol. The normalized spacial score (nSPS) is 11.1. The van der Waals surface area contributed by atoms with E-state index < -0.39 is 0 Å². The third-order valence-electron chi connectivity index (χ3n) is 2.50. The lowest BCUT2D eigenvalue weighted by atomic mass is 10.3. The number of nitrogens with zero attached hydrogens (tertiary/aromatic N) is 4. The lowest BCUT2D eigenvalue weighted by molar-refractivity contribution is 0.777. The lowest BCUT2D eigenvalue weighted by Gasteiger charge is -1.99. The summed E-state index contributed by atoms with van der Waals surface area (Å²) in [5.41, 5.74) is 2.71. The molecule has 3 aromatic rings. The summed E-state index contributed by atoms with van der Waals surface area (Å²) in [5.74, 6) is 0. The van der Waals surface area contributed by atoms with E-state index in [9.17, 15) is 0 Å². The molecule has 16 heavy (non-hydrogen) atoms. The van der Waals surface area contributed by atoms with Gasteiger partial charge in [-0.25, -0.2) is 15.0 Å². The van der Waals surface area contributed by atoms with E-state index in [-0.39, 0.29) is 0 Å². The van der Waals surface area contributed by atoms with Gasteiger partial charge in [0.05, 0.1) is 11.2 Å². The summed E-state index contributed by atoms with van der Waals surface area (Å²) in [6.45, 7) is 2.95. The van der Waals surface area contributed by atoms with Crippen LogP contribution in [0.3, 0.4) is 0 Å². The Labute approximate surface area is 96.6 Å². The van der Waals surface area contributed by atoms with Gasteiger partial charge in [-0.1, -0.05) is 6.07 Å². The zero-order valence-electron chi connectivity index (χ0n) is 8.79. The smallest absolute Gasteiger partial charge is 0.163 e. The van der Waals surface area contributed by atoms with Gasteiger partial charge in [0.25, 0.3) is 0 Å². The van der Waals surface area contributed by atoms with Gasteiger partial charge in [-0.15, -0.1) is 11.3 Å². The van der Waals surface area contributed by atoms with Gasteiger partial charge in [-0.3, -0.25) is 0 Å². The van der Waals surface area contributed by atoms with Crippen molar-refractivity contribution in [3.8, 4) is 10.6 Å². The highest BCUT2D eigenvalue weighted by atomic mass is 32.1. The molecule has 0 bridgehead atoms. The van der Waals surface area contributed by atoms with Crippen LogP contribution in [0.25, 0.3) is 21.7 Å². The van der Waals surface area contributed by atoms with Gasteiger partial charge in [0, 0.05) is 6.54 Å². The van der Waals surface area contributed by atoms with E-state index in [0.29, 0.717) is 0 Å². The highest BCUT2D eigenvalue weighted by Crippen LogP contribution is 2.27. The number of thiophene rings is 1. The van der Waals surface area contributed by atoms with Crippen molar-refractivity contribution in [1.29, 1.82) is 0 Å². The quantitative estimate of drug-likeness (QED) is 0.679. The summed E-state index contributed by atoms with van der Waals surface area (Å²) in [4.78, 5) is 14.1. The molecule has 0 N–H and O–H groups in total. The molecule has 0 saturated heterocycles. The van der Waals surface area contributed by atoms with E-state index in [1.54, 1.807) is 17.7 Å². The summed E-state index contributed by atoms with van der Waals surface area (Å²) in [6.07, 6.45) is 3.42. The molecule has 0 amide bonds. The fraction of sp³-hybridized carbons (Fsp3) is 0.182. The minimum Gasteiger partial charge on any atom is -0.315 e. The van der Waals surface area contributed by atoms with E-state index in [2.05, 4.69) is 27.9 Å². The van der Waals surface area contributed by atoms with Crippen LogP contribution in [0.1, 0.15) is 6.92 Å². The molecule has 80 valence electrons. The molecule has 0 unspecified atom stereocenters. The van der Waals surface area contributed by atoms with Crippen LogP contribution in [-0.2, 0) is 6.54 Å². The molecule has 0 radical (unpaired) electrons. The molecule has 3 heterocycles. The van der Waals surface area contributed by atoms with E-state index in [1.807, 2.05) is 22.3 Å². The number of fused-ring (bicyclic) bond motifs is 1. The van der Waals surface area contributed by atoms with Crippen molar-refractivity contribution in [3.05, 3.63) is 30.2 Å². The molecule has 0 fully saturated rings. The average Bonchev–Trinajstić information content (AvgIpc) is 2.97. The van der Waals surface area contributed by atoms with Crippen molar-refractivity contribution in [1.82, 2.24) is 19.5 Å². The highest BCUT2D eigenvalue weighted by Gasteiger charge is 2.11. The Morgan fingerprint density at radius 3 is 3.00 bits per heavy atom. The first-order valence-electron chi connectivity index (χ1n) is 5.10. The van der Waals surface area contributed by atoms with Crippen LogP contribution >= 0.6 is 11.3 Å². The average molecular weight is 230 g/mol. The second kappa shape index (κ2) is 3.68. The molecular weight excluding hydrogens is 220 g/mol. The van der Waals surface area contributed by atoms with Gasteiger partial charge < -0.3 is 4.57 Å². The van der Waals surface area contributed by atoms with Crippen LogP contribution < -0.4 is 0 Å². The Hall–Kier alpha value is -1.75. The number of hydrogen-bond acceptors (Lipinski definition) is 4. The van der Waals surface area contributed by atoms with Crippen molar-refractivity contribution in [2.24, 2.45) is 0 Å². The van der Waals surface area contributed by atoms with Gasteiger partial charge in [0.1, 0.15) is 17.5 Å². The Morgan fingerprint density at radius 1 is 1.31 bits per heavy atom. The minimum absolute atomic E-state index is 0.872. The van der Waals surface area contributed by atoms with Gasteiger partial charge >= 0.3 is 0 Å². The largest absolute Gasteiger partial charge is 0.315 e. The van der Waals surface area contributed by atoms with Crippen LogP contribution in [-0.4, -0.2) is 19.5 Å². The van der Waals surface area contributed by atoms with E-state index in [1.165, 1.54) is 0 Å². The third kappa shape index (κ3) is 1.32. The monoisotopic (exact) mass is 230 g/mol. The standard InChI is InChI=1S/C11H10N4S/c1-2-15-7-14-10-9(8-4-3-5-16-8)12-6-13-11(10)15/h3-7H,2H2,1H3. The summed E-state index contributed by atoms with van der Waals surface area (Å²) in [7, 11) is 0. The van der Waals surface area contributed by atoms with Crippen LogP contribution in [0.4, 0.5) is 0 Å². The number of aryl methyl sites for hydroxylation is 1. The Morgan fingerprint density at radius 2 is 2.25 bits per heavy atom. The summed E-state index contributed by atoms with van der Waals surface area (Å²) in [6, 6.07) is 4.07. The molecule has 3 aromatic heterocycles. The Balaban J connectivity index is 2.30. The van der Waals surface area contributed by atoms with E-state index in [0.717, 1.165) is 28.3 Å². The van der Waals surface area contributed by atoms with Gasteiger partial charge in [0.2, 0.25) is 0 Å². The van der Waals surface area contributed by atoms with Crippen LogP contribution in [0.15, 0.2) is 30.2 Å². The minimum atomic E-state index is 0.872. The van der Waals surface area contributed by atoms with E-state index >= 15 is 0 Å². The Bertz CT molecular complexity index is 612. The first-order chi connectivity index (χ1) is 7.90. The molecule has 0 aliphatic carbocycles. The molecule has 0 aliphatic rings. The molecule has 0 aromatic carbocycles. The van der Waals surface area contributed by atoms with Crippen LogP contribution in [0.5, 0.6) is 0 Å². The maximum atomic E-state index is 4.39. The maximum absolute atomic E-state index is 4.39. The molecule has 0 atom stereocenters. The van der Waals surface area contributed by atoms with E-state index in [4.69, 9.17) is 0 Å². The molecule has 0 aliphatic heterocycles. The highest BCUT2D eigenvalue weighted by molar-refractivity contribution is 7.13. The Kier molecular flexibility index (Phi) is 2.18.